The Morgan fingerprint density at radius 1 is 0.657 bits per heavy atom. The number of imide groups is 2. The molecule has 0 radical (unpaired) electrons. The van der Waals surface area contributed by atoms with Crippen LogP contribution < -0.4 is 8.11 Å². The fourth-order valence-corrected chi connectivity index (χ4v) is 19.6. The molecule has 4 amide bonds. The van der Waals surface area contributed by atoms with Crippen molar-refractivity contribution in [2.24, 2.45) is 0 Å². The molecule has 3 aliphatic rings. The fraction of sp³-hybridized carbons (Fsp3) is 0.167. The van der Waals surface area contributed by atoms with Crippen LogP contribution in [-0.4, -0.2) is 60.8 Å². The predicted octanol–water partition coefficient (Wildman–Crippen LogP) is 4.52. The van der Waals surface area contributed by atoms with Crippen molar-refractivity contribution in [1.82, 2.24) is 9.80 Å². The number of amides is 4. The third-order valence-corrected chi connectivity index (χ3v) is 21.8. The molecular formula is C24H16GeN2O4S4. The van der Waals surface area contributed by atoms with Gasteiger partial charge in [-0.15, -0.1) is 0 Å². The summed E-state index contributed by atoms with van der Waals surface area (Å²) in [5.74, 6) is 3.83. The minimum atomic E-state index is -2.60. The zero-order valence-corrected chi connectivity index (χ0v) is 24.3. The van der Waals surface area contributed by atoms with Crippen molar-refractivity contribution in [3.8, 4) is 29.9 Å². The Morgan fingerprint density at radius 2 is 1.17 bits per heavy atom. The van der Waals surface area contributed by atoms with Crippen LogP contribution in [-0.2, 0) is 0 Å². The number of carbonyl (C=O) groups excluding carboxylic acids is 4. The van der Waals surface area contributed by atoms with E-state index in [1.165, 1.54) is 65.1 Å². The van der Waals surface area contributed by atoms with Gasteiger partial charge in [0, 0.05) is 0 Å². The van der Waals surface area contributed by atoms with Gasteiger partial charge in [0.15, 0.2) is 0 Å². The first-order chi connectivity index (χ1) is 16.6. The number of fused-ring (bicyclic) bond motifs is 5. The van der Waals surface area contributed by atoms with Gasteiger partial charge in [0.2, 0.25) is 0 Å². The Labute approximate surface area is 218 Å². The SMILES string of the molecule is CN1C(=O)c2csc(-c3c[c]4c(s3)-c3cc(-c5scc6c5C(=O)N(C)C6=O)s[c]3[Ge]4([CH3])[CH3])c2C1=O. The molecule has 4 aromatic rings. The Bertz CT molecular complexity index is 1580. The molecule has 35 heavy (non-hydrogen) atoms. The van der Waals surface area contributed by atoms with Crippen LogP contribution in [0, 0.1) is 0 Å². The van der Waals surface area contributed by atoms with Crippen LogP contribution in [0.1, 0.15) is 41.4 Å². The normalized spacial score (nSPS) is 17.5. The second-order valence-corrected chi connectivity index (χ2v) is 23.0. The van der Waals surface area contributed by atoms with Gasteiger partial charge in [-0.3, -0.25) is 0 Å². The molecule has 0 fully saturated rings. The summed E-state index contributed by atoms with van der Waals surface area (Å²) in [4.78, 5) is 57.7. The maximum absolute atomic E-state index is 12.7. The molecule has 174 valence electrons. The third-order valence-electron chi connectivity index (χ3n) is 7.09. The summed E-state index contributed by atoms with van der Waals surface area (Å²) in [5, 5.41) is 3.60. The van der Waals surface area contributed by atoms with Crippen LogP contribution in [0.5, 0.6) is 0 Å². The molecule has 0 spiro atoms. The van der Waals surface area contributed by atoms with Gasteiger partial charge in [-0.1, -0.05) is 0 Å². The summed E-state index contributed by atoms with van der Waals surface area (Å²) >= 11 is 3.77. The topological polar surface area (TPSA) is 74.8 Å². The van der Waals surface area contributed by atoms with Gasteiger partial charge in [-0.2, -0.15) is 0 Å². The average molecular weight is 597 g/mol. The number of nitrogens with zero attached hydrogens (tertiary/aromatic N) is 2. The Hall–Kier alpha value is -2.38. The van der Waals surface area contributed by atoms with Gasteiger partial charge in [-0.25, -0.2) is 0 Å². The number of thiophene rings is 4. The quantitative estimate of drug-likeness (QED) is 0.252. The summed E-state index contributed by atoms with van der Waals surface area (Å²) in [6.45, 7) is 0. The van der Waals surface area contributed by atoms with E-state index in [1.54, 1.807) is 33.4 Å². The van der Waals surface area contributed by atoms with Crippen molar-refractivity contribution >= 4 is 90.3 Å². The van der Waals surface area contributed by atoms with Gasteiger partial charge in [-0.05, 0) is 0 Å². The molecule has 0 saturated carbocycles. The molecule has 7 rings (SSSR count). The monoisotopic (exact) mass is 598 g/mol. The van der Waals surface area contributed by atoms with E-state index in [2.05, 4.69) is 23.6 Å². The number of rotatable bonds is 2. The predicted molar refractivity (Wildman–Crippen MR) is 144 cm³/mol. The van der Waals surface area contributed by atoms with E-state index >= 15 is 0 Å². The van der Waals surface area contributed by atoms with E-state index in [9.17, 15) is 19.2 Å². The van der Waals surface area contributed by atoms with Gasteiger partial charge in [0.1, 0.15) is 0 Å². The summed E-state index contributed by atoms with van der Waals surface area (Å²) in [6, 6.07) is 4.43. The van der Waals surface area contributed by atoms with E-state index in [0.29, 0.717) is 22.3 Å². The average Bonchev–Trinajstić information content (AvgIpc) is 3.65. The van der Waals surface area contributed by atoms with E-state index in [0.717, 1.165) is 19.5 Å². The molecule has 0 bridgehead atoms. The standard InChI is InChI=1S/C24H16GeN2O4S4/c1-25(2)12-6-14(19-16-11(8-33-19)22(29)27(4)24(16)31)34-17(12)9-5-13(35-20(9)25)18-15-10(7-32-18)21(28)26(3)23(15)30/h5-8H,1-4H3. The summed E-state index contributed by atoms with van der Waals surface area (Å²) in [6.07, 6.45) is 0. The third kappa shape index (κ3) is 2.58. The van der Waals surface area contributed by atoms with Crippen LogP contribution in [0.15, 0.2) is 22.9 Å². The van der Waals surface area contributed by atoms with Crippen molar-refractivity contribution < 1.29 is 19.2 Å². The van der Waals surface area contributed by atoms with E-state index in [1.807, 2.05) is 0 Å². The minimum absolute atomic E-state index is 0.231. The maximum atomic E-state index is 12.7. The summed E-state index contributed by atoms with van der Waals surface area (Å²) in [5.41, 5.74) is 3.28. The van der Waals surface area contributed by atoms with Crippen LogP contribution >= 0.6 is 45.3 Å². The van der Waals surface area contributed by atoms with Crippen LogP contribution in [0.25, 0.3) is 29.9 Å². The molecule has 0 atom stereocenters. The molecule has 0 N–H and O–H groups in total. The molecule has 0 saturated heterocycles. The molecule has 0 aromatic carbocycles. The van der Waals surface area contributed by atoms with Crippen molar-refractivity contribution in [2.45, 2.75) is 11.5 Å². The van der Waals surface area contributed by atoms with Crippen LogP contribution in [0.2, 0.25) is 11.5 Å². The summed E-state index contributed by atoms with van der Waals surface area (Å²) < 4.78 is 2.81. The van der Waals surface area contributed by atoms with E-state index in [4.69, 9.17) is 0 Å². The molecule has 3 aliphatic heterocycles. The van der Waals surface area contributed by atoms with Crippen molar-refractivity contribution in [1.29, 1.82) is 0 Å². The second kappa shape index (κ2) is 6.89. The van der Waals surface area contributed by atoms with E-state index < -0.39 is 13.3 Å². The molecule has 0 unspecified atom stereocenters. The Morgan fingerprint density at radius 3 is 1.71 bits per heavy atom. The van der Waals surface area contributed by atoms with Crippen molar-refractivity contribution in [2.75, 3.05) is 14.1 Å². The number of hydrogen-bond donors (Lipinski definition) is 0. The fourth-order valence-electron chi connectivity index (χ4n) is 5.12. The zero-order chi connectivity index (χ0) is 24.5. The molecular weight excluding hydrogens is 581 g/mol. The summed E-state index contributed by atoms with van der Waals surface area (Å²) in [7, 11) is 3.06. The van der Waals surface area contributed by atoms with Gasteiger partial charge in [0.25, 0.3) is 0 Å². The van der Waals surface area contributed by atoms with Crippen LogP contribution in [0.4, 0.5) is 0 Å². The Balaban J connectivity index is 1.36. The molecule has 4 aromatic heterocycles. The molecule has 11 heteroatoms. The molecule has 0 aliphatic carbocycles. The van der Waals surface area contributed by atoms with E-state index in [-0.39, 0.29) is 23.6 Å². The number of hydrogen-bond acceptors (Lipinski definition) is 8. The van der Waals surface area contributed by atoms with Gasteiger partial charge in [0.05, 0.1) is 0 Å². The van der Waals surface area contributed by atoms with Crippen molar-refractivity contribution in [3.63, 3.8) is 0 Å². The zero-order valence-electron chi connectivity index (χ0n) is 19.0. The Kier molecular flexibility index (Phi) is 4.30. The molecule has 6 nitrogen and oxygen atoms in total. The van der Waals surface area contributed by atoms with Crippen LogP contribution in [0.3, 0.4) is 0 Å². The van der Waals surface area contributed by atoms with Gasteiger partial charge >= 0.3 is 220 Å². The molecule has 7 heterocycles. The van der Waals surface area contributed by atoms with Gasteiger partial charge < -0.3 is 0 Å². The van der Waals surface area contributed by atoms with Crippen molar-refractivity contribution in [3.05, 3.63) is 45.1 Å². The number of carbonyl (C=O) groups is 4. The first-order valence-electron chi connectivity index (χ1n) is 10.8. The first-order valence-corrected chi connectivity index (χ1v) is 20.5. The first kappa shape index (κ1) is 21.9. The second-order valence-electron chi connectivity index (χ2n) is 9.38.